The summed E-state index contributed by atoms with van der Waals surface area (Å²) >= 11 is 0. The van der Waals surface area contributed by atoms with E-state index in [0.29, 0.717) is 6.54 Å². The molecular weight excluding hydrogens is 250 g/mol. The van der Waals surface area contributed by atoms with Crippen LogP contribution >= 0.6 is 0 Å². The Kier molecular flexibility index (Phi) is 4.57. The fourth-order valence-corrected chi connectivity index (χ4v) is 2.14. The van der Waals surface area contributed by atoms with Crippen molar-refractivity contribution in [3.05, 3.63) is 48.0 Å². The number of rotatable bonds is 6. The van der Waals surface area contributed by atoms with Gasteiger partial charge in [-0.15, -0.1) is 0 Å². The van der Waals surface area contributed by atoms with Gasteiger partial charge >= 0.3 is 0 Å². The van der Waals surface area contributed by atoms with Crippen LogP contribution in [0.3, 0.4) is 0 Å². The average molecular weight is 273 g/mol. The lowest BCUT2D eigenvalue weighted by Gasteiger charge is -2.27. The molecule has 0 amide bonds. The van der Waals surface area contributed by atoms with Gasteiger partial charge in [0.2, 0.25) is 0 Å². The van der Waals surface area contributed by atoms with Gasteiger partial charge in [-0.05, 0) is 32.4 Å². The molecule has 0 aliphatic rings. The van der Waals surface area contributed by atoms with Crippen molar-refractivity contribution in [3.8, 4) is 5.69 Å². The predicted molar refractivity (Wildman–Crippen MR) is 80.9 cm³/mol. The van der Waals surface area contributed by atoms with Gasteiger partial charge in [-0.2, -0.15) is 0 Å². The van der Waals surface area contributed by atoms with Gasteiger partial charge < -0.3 is 10.4 Å². The fourth-order valence-electron chi connectivity index (χ4n) is 2.14. The molecule has 2 rings (SSSR count). The third kappa shape index (κ3) is 3.08. The monoisotopic (exact) mass is 273 g/mol. The molecule has 0 spiro atoms. The van der Waals surface area contributed by atoms with Gasteiger partial charge in [-0.25, -0.2) is 4.98 Å². The average Bonchev–Trinajstić information content (AvgIpc) is 2.86. The molecule has 0 aliphatic carbocycles. The lowest BCUT2D eigenvalue weighted by molar-refractivity contribution is 0.168. The number of benzene rings is 1. The molecule has 1 unspecified atom stereocenters. The Hall–Kier alpha value is -1.65. The molecule has 2 aromatic rings. The van der Waals surface area contributed by atoms with Crippen LogP contribution in [0, 0.1) is 6.92 Å². The second kappa shape index (κ2) is 6.20. The largest absolute Gasteiger partial charge is 0.394 e. The minimum absolute atomic E-state index is 0.127. The van der Waals surface area contributed by atoms with Crippen molar-refractivity contribution >= 4 is 0 Å². The maximum Gasteiger partial charge on any atom is 0.110 e. The van der Waals surface area contributed by atoms with Crippen LogP contribution in [-0.2, 0) is 6.54 Å². The Labute approximate surface area is 120 Å². The number of aliphatic hydroxyl groups excluding tert-OH is 1. The third-order valence-electron chi connectivity index (χ3n) is 3.85. The molecule has 20 heavy (non-hydrogen) atoms. The van der Waals surface area contributed by atoms with E-state index in [9.17, 15) is 5.11 Å². The van der Waals surface area contributed by atoms with Crippen LogP contribution < -0.4 is 5.32 Å². The first kappa shape index (κ1) is 14.8. The van der Waals surface area contributed by atoms with E-state index in [-0.39, 0.29) is 12.1 Å². The molecule has 4 nitrogen and oxygen atoms in total. The van der Waals surface area contributed by atoms with E-state index in [0.717, 1.165) is 23.6 Å². The highest BCUT2D eigenvalue weighted by Gasteiger charge is 2.20. The molecule has 1 aromatic heterocycles. The molecule has 108 valence electrons. The molecule has 1 heterocycles. The van der Waals surface area contributed by atoms with E-state index in [1.165, 1.54) is 0 Å². The smallest absolute Gasteiger partial charge is 0.110 e. The molecule has 0 radical (unpaired) electrons. The third-order valence-corrected chi connectivity index (χ3v) is 3.85. The summed E-state index contributed by atoms with van der Waals surface area (Å²) in [6.45, 7) is 6.91. The number of aromatic nitrogens is 2. The van der Waals surface area contributed by atoms with Gasteiger partial charge in [0, 0.05) is 17.8 Å². The van der Waals surface area contributed by atoms with Gasteiger partial charge in [-0.3, -0.25) is 4.57 Å². The van der Waals surface area contributed by atoms with Gasteiger partial charge in [0.25, 0.3) is 0 Å². The molecule has 0 aliphatic heterocycles. The molecule has 2 N–H and O–H groups in total. The molecule has 0 saturated heterocycles. The Morgan fingerprint density at radius 2 is 2.00 bits per heavy atom. The Morgan fingerprint density at radius 3 is 2.60 bits per heavy atom. The van der Waals surface area contributed by atoms with Crippen LogP contribution in [0.5, 0.6) is 0 Å². The molecule has 0 saturated carbocycles. The van der Waals surface area contributed by atoms with E-state index >= 15 is 0 Å². The van der Waals surface area contributed by atoms with Crippen molar-refractivity contribution in [1.29, 1.82) is 0 Å². The number of imidazole rings is 1. The van der Waals surface area contributed by atoms with E-state index in [1.807, 2.05) is 38.2 Å². The van der Waals surface area contributed by atoms with Crippen molar-refractivity contribution in [2.24, 2.45) is 0 Å². The lowest BCUT2D eigenvalue weighted by Crippen LogP contribution is -2.44. The summed E-state index contributed by atoms with van der Waals surface area (Å²) in [5.74, 6) is 0.968. The van der Waals surface area contributed by atoms with Gasteiger partial charge in [-0.1, -0.05) is 25.1 Å². The second-order valence-electron chi connectivity index (χ2n) is 5.39. The van der Waals surface area contributed by atoms with Crippen LogP contribution in [0.25, 0.3) is 5.69 Å². The first-order chi connectivity index (χ1) is 9.59. The zero-order valence-electron chi connectivity index (χ0n) is 12.4. The van der Waals surface area contributed by atoms with E-state index in [4.69, 9.17) is 0 Å². The molecular formula is C16H23N3O. The highest BCUT2D eigenvalue weighted by molar-refractivity contribution is 5.35. The van der Waals surface area contributed by atoms with Crippen LogP contribution in [-0.4, -0.2) is 26.8 Å². The van der Waals surface area contributed by atoms with Crippen LogP contribution in [0.1, 0.15) is 31.8 Å². The number of aliphatic hydroxyl groups is 1. The molecule has 1 aromatic carbocycles. The summed E-state index contributed by atoms with van der Waals surface area (Å²) < 4.78 is 2.14. The summed E-state index contributed by atoms with van der Waals surface area (Å²) in [6, 6.07) is 10.2. The normalized spacial score (nSPS) is 14.2. The highest BCUT2D eigenvalue weighted by Crippen LogP contribution is 2.16. The standard InChI is InChI=1S/C16H23N3O/c1-4-16(3,12-20)18-11-15-10-17-13(2)19(15)14-8-6-5-7-9-14/h5-10,18,20H,4,11-12H2,1-3H3. The topological polar surface area (TPSA) is 50.1 Å². The van der Waals surface area contributed by atoms with Crippen molar-refractivity contribution in [2.75, 3.05) is 6.61 Å². The van der Waals surface area contributed by atoms with E-state index in [2.05, 4.69) is 33.9 Å². The van der Waals surface area contributed by atoms with Crippen LogP contribution in [0.2, 0.25) is 0 Å². The van der Waals surface area contributed by atoms with Gasteiger partial charge in [0.05, 0.1) is 18.5 Å². The SMILES string of the molecule is CCC(C)(CO)NCc1cnc(C)n1-c1ccccc1. The minimum atomic E-state index is -0.250. The summed E-state index contributed by atoms with van der Waals surface area (Å²) in [5, 5.41) is 12.9. The fraction of sp³-hybridized carbons (Fsp3) is 0.438. The summed E-state index contributed by atoms with van der Waals surface area (Å²) in [4.78, 5) is 4.41. The highest BCUT2D eigenvalue weighted by atomic mass is 16.3. The first-order valence-corrected chi connectivity index (χ1v) is 7.04. The van der Waals surface area contributed by atoms with Crippen molar-refractivity contribution in [3.63, 3.8) is 0 Å². The van der Waals surface area contributed by atoms with Crippen molar-refractivity contribution < 1.29 is 5.11 Å². The van der Waals surface area contributed by atoms with Crippen LogP contribution in [0.4, 0.5) is 0 Å². The maximum absolute atomic E-state index is 9.47. The molecule has 0 bridgehead atoms. The zero-order valence-corrected chi connectivity index (χ0v) is 12.4. The Balaban J connectivity index is 2.22. The molecule has 4 heteroatoms. The lowest BCUT2D eigenvalue weighted by atomic mass is 10.0. The molecule has 0 fully saturated rings. The summed E-state index contributed by atoms with van der Waals surface area (Å²) in [5.41, 5.74) is 1.96. The second-order valence-corrected chi connectivity index (χ2v) is 5.39. The van der Waals surface area contributed by atoms with E-state index < -0.39 is 0 Å². The number of aryl methyl sites for hydroxylation is 1. The maximum atomic E-state index is 9.47. The number of nitrogens with one attached hydrogen (secondary N) is 1. The number of para-hydroxylation sites is 1. The van der Waals surface area contributed by atoms with Gasteiger partial charge in [0.1, 0.15) is 5.82 Å². The summed E-state index contributed by atoms with van der Waals surface area (Å²) in [7, 11) is 0. The minimum Gasteiger partial charge on any atom is -0.394 e. The van der Waals surface area contributed by atoms with Crippen LogP contribution in [0.15, 0.2) is 36.5 Å². The van der Waals surface area contributed by atoms with Crippen molar-refractivity contribution in [1.82, 2.24) is 14.9 Å². The van der Waals surface area contributed by atoms with E-state index in [1.54, 1.807) is 0 Å². The summed E-state index contributed by atoms with van der Waals surface area (Å²) in [6.07, 6.45) is 2.77. The number of hydrogen-bond donors (Lipinski definition) is 2. The Bertz CT molecular complexity index is 544. The van der Waals surface area contributed by atoms with Crippen molar-refractivity contribution in [2.45, 2.75) is 39.3 Å². The number of nitrogens with zero attached hydrogens (tertiary/aromatic N) is 2. The number of hydrogen-bond acceptors (Lipinski definition) is 3. The molecule has 1 atom stereocenters. The zero-order chi connectivity index (χ0) is 14.6. The first-order valence-electron chi connectivity index (χ1n) is 7.04. The quantitative estimate of drug-likeness (QED) is 0.850. The predicted octanol–water partition coefficient (Wildman–Crippen LogP) is 2.43. The van der Waals surface area contributed by atoms with Gasteiger partial charge in [0.15, 0.2) is 0 Å². The Morgan fingerprint density at radius 1 is 1.30 bits per heavy atom.